The van der Waals surface area contributed by atoms with Crippen LogP contribution in [-0.2, 0) is 13.0 Å². The largest absolute Gasteiger partial charge is 0.354 e. The number of aliphatic imine (C=N–C) groups is 1. The van der Waals surface area contributed by atoms with E-state index in [-0.39, 0.29) is 0 Å². The van der Waals surface area contributed by atoms with Gasteiger partial charge in [-0.1, -0.05) is 6.92 Å². The molecule has 0 saturated heterocycles. The highest BCUT2D eigenvalue weighted by Crippen LogP contribution is 2.18. The van der Waals surface area contributed by atoms with Crippen molar-refractivity contribution in [3.8, 4) is 0 Å². The fourth-order valence-corrected chi connectivity index (χ4v) is 2.17. The first kappa shape index (κ1) is 11.4. The fourth-order valence-electron chi connectivity index (χ4n) is 1.37. The predicted molar refractivity (Wildman–Crippen MR) is 67.8 cm³/mol. The van der Waals surface area contributed by atoms with Crippen LogP contribution in [0.4, 0.5) is 0 Å². The molecule has 4 nitrogen and oxygen atoms in total. The molecule has 0 amide bonds. The van der Waals surface area contributed by atoms with Gasteiger partial charge in [-0.15, -0.1) is 11.3 Å². The minimum atomic E-state index is 0.633. The zero-order chi connectivity index (χ0) is 11.4. The molecule has 1 fully saturated rings. The molecule has 0 aromatic carbocycles. The maximum Gasteiger partial charge on any atom is 0.191 e. The van der Waals surface area contributed by atoms with Crippen molar-refractivity contribution >= 4 is 17.3 Å². The third kappa shape index (κ3) is 3.20. The Labute approximate surface area is 100 Å². The summed E-state index contributed by atoms with van der Waals surface area (Å²) >= 11 is 1.76. The van der Waals surface area contributed by atoms with Crippen molar-refractivity contribution in [3.05, 3.63) is 16.1 Å². The van der Waals surface area contributed by atoms with Crippen LogP contribution in [0.2, 0.25) is 0 Å². The van der Waals surface area contributed by atoms with Gasteiger partial charge < -0.3 is 10.6 Å². The third-order valence-electron chi connectivity index (χ3n) is 2.50. The monoisotopic (exact) mass is 238 g/mol. The number of thiazole rings is 1. The van der Waals surface area contributed by atoms with Crippen LogP contribution in [0.5, 0.6) is 0 Å². The van der Waals surface area contributed by atoms with Crippen LogP contribution >= 0.6 is 11.3 Å². The Kier molecular flexibility index (Phi) is 3.77. The van der Waals surface area contributed by atoms with Crippen LogP contribution in [-0.4, -0.2) is 24.0 Å². The lowest BCUT2D eigenvalue weighted by molar-refractivity contribution is 0.801. The Morgan fingerprint density at radius 1 is 1.62 bits per heavy atom. The van der Waals surface area contributed by atoms with E-state index in [0.717, 1.165) is 23.9 Å². The van der Waals surface area contributed by atoms with E-state index in [9.17, 15) is 0 Å². The average molecular weight is 238 g/mol. The molecule has 0 unspecified atom stereocenters. The number of rotatable bonds is 4. The lowest BCUT2D eigenvalue weighted by atomic mass is 10.4. The van der Waals surface area contributed by atoms with Gasteiger partial charge in [-0.3, -0.25) is 4.99 Å². The summed E-state index contributed by atoms with van der Waals surface area (Å²) in [5, 5.41) is 7.75. The first-order valence-electron chi connectivity index (χ1n) is 5.72. The Hall–Kier alpha value is -1.10. The standard InChI is InChI=1S/C11H18N4S/c1-3-9-6-13-10(16-9)7-14-11(12-2)15-8-4-5-8/h6,8H,3-5,7H2,1-2H3,(H2,12,14,15). The first-order valence-corrected chi connectivity index (χ1v) is 6.54. The molecule has 1 saturated carbocycles. The van der Waals surface area contributed by atoms with Crippen LogP contribution in [0.15, 0.2) is 11.2 Å². The summed E-state index contributed by atoms with van der Waals surface area (Å²) in [6.45, 7) is 2.91. The van der Waals surface area contributed by atoms with E-state index < -0.39 is 0 Å². The Bertz CT molecular complexity index is 368. The van der Waals surface area contributed by atoms with Gasteiger partial charge in [-0.25, -0.2) is 4.98 Å². The molecule has 5 heteroatoms. The molecule has 0 bridgehead atoms. The van der Waals surface area contributed by atoms with Crippen LogP contribution in [0.3, 0.4) is 0 Å². The van der Waals surface area contributed by atoms with Gasteiger partial charge in [0.15, 0.2) is 5.96 Å². The molecule has 0 atom stereocenters. The molecule has 88 valence electrons. The fraction of sp³-hybridized carbons (Fsp3) is 0.636. The Balaban J connectivity index is 1.80. The summed E-state index contributed by atoms with van der Waals surface area (Å²) in [7, 11) is 1.80. The molecule has 1 aliphatic carbocycles. The van der Waals surface area contributed by atoms with E-state index >= 15 is 0 Å². The molecule has 0 aliphatic heterocycles. The maximum absolute atomic E-state index is 4.36. The molecule has 16 heavy (non-hydrogen) atoms. The van der Waals surface area contributed by atoms with Crippen molar-refractivity contribution in [2.75, 3.05) is 7.05 Å². The van der Waals surface area contributed by atoms with Crippen molar-refractivity contribution in [2.24, 2.45) is 4.99 Å². The second-order valence-corrected chi connectivity index (χ2v) is 5.12. The minimum absolute atomic E-state index is 0.633. The van der Waals surface area contributed by atoms with Crippen molar-refractivity contribution in [1.29, 1.82) is 0 Å². The topological polar surface area (TPSA) is 49.3 Å². The molecular formula is C11H18N4S. The maximum atomic E-state index is 4.36. The SMILES string of the molecule is CCc1cnc(CNC(=NC)NC2CC2)s1. The molecule has 1 aliphatic rings. The highest BCUT2D eigenvalue weighted by atomic mass is 32.1. The van der Waals surface area contributed by atoms with Gasteiger partial charge in [0.1, 0.15) is 5.01 Å². The van der Waals surface area contributed by atoms with Crippen LogP contribution in [0.1, 0.15) is 29.7 Å². The van der Waals surface area contributed by atoms with E-state index in [1.54, 1.807) is 18.4 Å². The molecule has 0 spiro atoms. The van der Waals surface area contributed by atoms with Gasteiger partial charge in [0.05, 0.1) is 6.54 Å². The number of hydrogen-bond donors (Lipinski definition) is 2. The highest BCUT2D eigenvalue weighted by molar-refractivity contribution is 7.11. The second-order valence-electron chi connectivity index (χ2n) is 3.92. The molecular weight excluding hydrogens is 220 g/mol. The van der Waals surface area contributed by atoms with E-state index in [4.69, 9.17) is 0 Å². The number of aryl methyl sites for hydroxylation is 1. The van der Waals surface area contributed by atoms with E-state index in [0.29, 0.717) is 6.04 Å². The zero-order valence-electron chi connectivity index (χ0n) is 9.79. The number of aromatic nitrogens is 1. The number of guanidine groups is 1. The second kappa shape index (κ2) is 5.30. The lowest BCUT2D eigenvalue weighted by Gasteiger charge is -2.09. The van der Waals surface area contributed by atoms with E-state index in [2.05, 4.69) is 27.5 Å². The summed E-state index contributed by atoms with van der Waals surface area (Å²) in [6, 6.07) is 0.633. The van der Waals surface area contributed by atoms with Gasteiger partial charge in [0, 0.05) is 24.2 Å². The summed E-state index contributed by atoms with van der Waals surface area (Å²) < 4.78 is 0. The van der Waals surface area contributed by atoms with Crippen molar-refractivity contribution in [2.45, 2.75) is 38.8 Å². The van der Waals surface area contributed by atoms with E-state index in [1.165, 1.54) is 17.7 Å². The Morgan fingerprint density at radius 2 is 2.44 bits per heavy atom. The van der Waals surface area contributed by atoms with Gasteiger partial charge >= 0.3 is 0 Å². The molecule has 2 N–H and O–H groups in total. The summed E-state index contributed by atoms with van der Waals surface area (Å²) in [6.07, 6.45) is 5.54. The summed E-state index contributed by atoms with van der Waals surface area (Å²) in [5.74, 6) is 0.885. The van der Waals surface area contributed by atoms with E-state index in [1.807, 2.05) is 6.20 Å². The number of nitrogens with zero attached hydrogens (tertiary/aromatic N) is 2. The van der Waals surface area contributed by atoms with Crippen LogP contribution in [0, 0.1) is 0 Å². The van der Waals surface area contributed by atoms with Gasteiger partial charge in [-0.2, -0.15) is 0 Å². The molecule has 1 aromatic heterocycles. The molecule has 1 heterocycles. The molecule has 1 aromatic rings. The van der Waals surface area contributed by atoms with Gasteiger partial charge in [-0.05, 0) is 19.3 Å². The first-order chi connectivity index (χ1) is 7.81. The van der Waals surface area contributed by atoms with Crippen molar-refractivity contribution in [3.63, 3.8) is 0 Å². The molecule has 2 rings (SSSR count). The number of nitrogens with one attached hydrogen (secondary N) is 2. The molecule has 0 radical (unpaired) electrons. The highest BCUT2D eigenvalue weighted by Gasteiger charge is 2.22. The van der Waals surface area contributed by atoms with Gasteiger partial charge in [0.2, 0.25) is 0 Å². The number of hydrogen-bond acceptors (Lipinski definition) is 3. The normalized spacial score (nSPS) is 16.2. The third-order valence-corrected chi connectivity index (χ3v) is 3.64. The lowest BCUT2D eigenvalue weighted by Crippen LogP contribution is -2.37. The average Bonchev–Trinajstić information content (AvgIpc) is 3.00. The minimum Gasteiger partial charge on any atom is -0.354 e. The smallest absolute Gasteiger partial charge is 0.191 e. The van der Waals surface area contributed by atoms with Crippen LogP contribution in [0.25, 0.3) is 0 Å². The predicted octanol–water partition coefficient (Wildman–Crippen LogP) is 1.53. The quantitative estimate of drug-likeness (QED) is 0.618. The van der Waals surface area contributed by atoms with Crippen molar-refractivity contribution in [1.82, 2.24) is 15.6 Å². The summed E-state index contributed by atoms with van der Waals surface area (Å²) in [5.41, 5.74) is 0. The Morgan fingerprint density at radius 3 is 3.00 bits per heavy atom. The van der Waals surface area contributed by atoms with Crippen molar-refractivity contribution < 1.29 is 0 Å². The zero-order valence-corrected chi connectivity index (χ0v) is 10.6. The summed E-state index contributed by atoms with van der Waals surface area (Å²) in [4.78, 5) is 9.88. The van der Waals surface area contributed by atoms with Gasteiger partial charge in [0.25, 0.3) is 0 Å². The van der Waals surface area contributed by atoms with Crippen LogP contribution < -0.4 is 10.6 Å².